The molecule has 0 aromatic carbocycles. The number of esters is 1. The van der Waals surface area contributed by atoms with E-state index in [1.165, 1.54) is 13.3 Å². The smallest absolute Gasteiger partial charge is 0.340 e. The molecule has 1 aromatic heterocycles. The van der Waals surface area contributed by atoms with Crippen LogP contribution in [0.15, 0.2) is 12.3 Å². The molecule has 0 bridgehead atoms. The summed E-state index contributed by atoms with van der Waals surface area (Å²) in [5.41, 5.74) is 6.32. The first-order chi connectivity index (χ1) is 8.60. The Balaban J connectivity index is 2.80. The largest absolute Gasteiger partial charge is 0.465 e. The van der Waals surface area contributed by atoms with Crippen molar-refractivity contribution in [2.24, 2.45) is 0 Å². The zero-order valence-corrected chi connectivity index (χ0v) is 11.0. The molecule has 6 nitrogen and oxygen atoms in total. The van der Waals surface area contributed by atoms with Gasteiger partial charge in [-0.25, -0.2) is 9.78 Å². The minimum Gasteiger partial charge on any atom is -0.465 e. The standard InChI is InChI=1S/C12H19N3O3/c1-4-18-6-5-15(2)11-7-9(12(16)17-3)10(13)8-14-11/h7-8H,4-6,13H2,1-3H3. The number of ether oxygens (including phenoxy) is 2. The molecule has 0 fully saturated rings. The molecule has 0 saturated carbocycles. The molecule has 0 radical (unpaired) electrons. The maximum atomic E-state index is 11.5. The van der Waals surface area contributed by atoms with E-state index in [0.29, 0.717) is 36.8 Å². The van der Waals surface area contributed by atoms with E-state index in [1.807, 2.05) is 18.9 Å². The molecule has 0 aliphatic heterocycles. The predicted molar refractivity (Wildman–Crippen MR) is 69.8 cm³/mol. The summed E-state index contributed by atoms with van der Waals surface area (Å²) in [6.07, 6.45) is 1.46. The molecule has 1 rings (SSSR count). The fraction of sp³-hybridized carbons (Fsp3) is 0.500. The van der Waals surface area contributed by atoms with Crippen LogP contribution in [0.1, 0.15) is 17.3 Å². The van der Waals surface area contributed by atoms with Crippen LogP contribution in [-0.4, -0.2) is 44.9 Å². The van der Waals surface area contributed by atoms with Gasteiger partial charge < -0.3 is 20.1 Å². The van der Waals surface area contributed by atoms with Crippen LogP contribution >= 0.6 is 0 Å². The first-order valence-electron chi connectivity index (χ1n) is 5.72. The number of nitrogen functional groups attached to an aromatic ring is 1. The number of aromatic nitrogens is 1. The highest BCUT2D eigenvalue weighted by Crippen LogP contribution is 2.17. The van der Waals surface area contributed by atoms with Gasteiger partial charge in [0.1, 0.15) is 5.82 Å². The lowest BCUT2D eigenvalue weighted by molar-refractivity contribution is 0.0602. The van der Waals surface area contributed by atoms with Crippen molar-refractivity contribution >= 4 is 17.5 Å². The minimum absolute atomic E-state index is 0.309. The minimum atomic E-state index is -0.464. The lowest BCUT2D eigenvalue weighted by Gasteiger charge is -2.18. The Morgan fingerprint density at radius 2 is 2.28 bits per heavy atom. The molecule has 18 heavy (non-hydrogen) atoms. The van der Waals surface area contributed by atoms with Crippen LogP contribution in [0.5, 0.6) is 0 Å². The Labute approximate surface area is 107 Å². The number of carbonyl (C=O) groups excluding carboxylic acids is 1. The normalized spacial score (nSPS) is 10.2. The maximum absolute atomic E-state index is 11.5. The van der Waals surface area contributed by atoms with E-state index in [2.05, 4.69) is 9.72 Å². The van der Waals surface area contributed by atoms with Crippen molar-refractivity contribution in [2.75, 3.05) is 44.5 Å². The van der Waals surface area contributed by atoms with E-state index in [1.54, 1.807) is 6.07 Å². The van der Waals surface area contributed by atoms with Crippen molar-refractivity contribution < 1.29 is 14.3 Å². The Bertz CT molecular complexity index is 410. The molecule has 0 aliphatic carbocycles. The van der Waals surface area contributed by atoms with Crippen LogP contribution in [0.2, 0.25) is 0 Å². The van der Waals surface area contributed by atoms with Gasteiger partial charge in [0.25, 0.3) is 0 Å². The summed E-state index contributed by atoms with van der Waals surface area (Å²) in [6.45, 7) is 3.91. The number of hydrogen-bond acceptors (Lipinski definition) is 6. The van der Waals surface area contributed by atoms with Crippen LogP contribution in [0, 0.1) is 0 Å². The summed E-state index contributed by atoms with van der Waals surface area (Å²) in [6, 6.07) is 1.62. The van der Waals surface area contributed by atoms with Gasteiger partial charge in [-0.15, -0.1) is 0 Å². The number of hydrogen-bond donors (Lipinski definition) is 1. The van der Waals surface area contributed by atoms with Crippen molar-refractivity contribution in [1.82, 2.24) is 4.98 Å². The predicted octanol–water partition coefficient (Wildman–Crippen LogP) is 0.923. The van der Waals surface area contributed by atoms with Gasteiger partial charge >= 0.3 is 5.97 Å². The van der Waals surface area contributed by atoms with Gasteiger partial charge in [-0.1, -0.05) is 0 Å². The first-order valence-corrected chi connectivity index (χ1v) is 5.72. The molecule has 0 aliphatic rings. The summed E-state index contributed by atoms with van der Waals surface area (Å²) in [7, 11) is 3.19. The van der Waals surface area contributed by atoms with Gasteiger partial charge in [0.2, 0.25) is 0 Å². The second kappa shape index (κ2) is 6.80. The molecule has 0 saturated heterocycles. The molecule has 0 amide bonds. The summed E-state index contributed by atoms with van der Waals surface area (Å²) in [4.78, 5) is 17.6. The molecule has 2 N–H and O–H groups in total. The first kappa shape index (κ1) is 14.2. The van der Waals surface area contributed by atoms with Crippen LogP contribution in [0.3, 0.4) is 0 Å². The number of likely N-dealkylation sites (N-methyl/N-ethyl adjacent to an activating group) is 1. The van der Waals surface area contributed by atoms with Crippen molar-refractivity contribution in [3.05, 3.63) is 17.8 Å². The van der Waals surface area contributed by atoms with Gasteiger partial charge in [0, 0.05) is 20.2 Å². The molecule has 0 spiro atoms. The zero-order chi connectivity index (χ0) is 13.5. The number of nitrogens with two attached hydrogens (primary N) is 1. The monoisotopic (exact) mass is 253 g/mol. The maximum Gasteiger partial charge on any atom is 0.340 e. The summed E-state index contributed by atoms with van der Waals surface area (Å²) < 4.78 is 9.92. The molecule has 0 unspecified atom stereocenters. The zero-order valence-electron chi connectivity index (χ0n) is 11.0. The van der Waals surface area contributed by atoms with E-state index < -0.39 is 5.97 Å². The van der Waals surface area contributed by atoms with Gasteiger partial charge in [-0.2, -0.15) is 0 Å². The topological polar surface area (TPSA) is 77.7 Å². The van der Waals surface area contributed by atoms with Crippen LogP contribution in [0.4, 0.5) is 11.5 Å². The Kier molecular flexibility index (Phi) is 5.38. The second-order valence-corrected chi connectivity index (χ2v) is 3.74. The number of pyridine rings is 1. The average Bonchev–Trinajstić information content (AvgIpc) is 2.38. The molecule has 6 heteroatoms. The van der Waals surface area contributed by atoms with Crippen LogP contribution in [-0.2, 0) is 9.47 Å². The molecule has 1 aromatic rings. The Morgan fingerprint density at radius 3 is 2.89 bits per heavy atom. The van der Waals surface area contributed by atoms with Gasteiger partial charge in [-0.3, -0.25) is 0 Å². The summed E-state index contributed by atoms with van der Waals surface area (Å²) in [5, 5.41) is 0. The van der Waals surface area contributed by atoms with Crippen LogP contribution < -0.4 is 10.6 Å². The second-order valence-electron chi connectivity index (χ2n) is 3.74. The summed E-state index contributed by atoms with van der Waals surface area (Å²) >= 11 is 0. The quantitative estimate of drug-likeness (QED) is 0.600. The SMILES string of the molecule is CCOCCN(C)c1cc(C(=O)OC)c(N)cn1. The number of nitrogens with zero attached hydrogens (tertiary/aromatic N) is 2. The number of methoxy groups -OCH3 is 1. The van der Waals surface area contributed by atoms with Crippen molar-refractivity contribution in [2.45, 2.75) is 6.92 Å². The highest BCUT2D eigenvalue weighted by Gasteiger charge is 2.13. The van der Waals surface area contributed by atoms with Crippen molar-refractivity contribution in [3.63, 3.8) is 0 Å². The number of rotatable bonds is 6. The van der Waals surface area contributed by atoms with E-state index in [4.69, 9.17) is 10.5 Å². The van der Waals surface area contributed by atoms with Gasteiger partial charge in [0.15, 0.2) is 0 Å². The lowest BCUT2D eigenvalue weighted by atomic mass is 10.2. The number of carbonyl (C=O) groups is 1. The lowest BCUT2D eigenvalue weighted by Crippen LogP contribution is -2.24. The van der Waals surface area contributed by atoms with Crippen LogP contribution in [0.25, 0.3) is 0 Å². The van der Waals surface area contributed by atoms with Gasteiger partial charge in [0.05, 0.1) is 31.2 Å². The Hall–Kier alpha value is -1.82. The van der Waals surface area contributed by atoms with E-state index in [9.17, 15) is 4.79 Å². The summed E-state index contributed by atoms with van der Waals surface area (Å²) in [5.74, 6) is 0.193. The third-order valence-electron chi connectivity index (χ3n) is 2.49. The molecule has 1 heterocycles. The third-order valence-corrected chi connectivity index (χ3v) is 2.49. The fourth-order valence-electron chi connectivity index (χ4n) is 1.41. The number of anilines is 2. The highest BCUT2D eigenvalue weighted by molar-refractivity contribution is 5.95. The Morgan fingerprint density at radius 1 is 1.56 bits per heavy atom. The van der Waals surface area contributed by atoms with Crippen molar-refractivity contribution in [1.29, 1.82) is 0 Å². The fourth-order valence-corrected chi connectivity index (χ4v) is 1.41. The highest BCUT2D eigenvalue weighted by atomic mass is 16.5. The average molecular weight is 253 g/mol. The van der Waals surface area contributed by atoms with E-state index >= 15 is 0 Å². The molecule has 0 atom stereocenters. The van der Waals surface area contributed by atoms with E-state index in [0.717, 1.165) is 0 Å². The van der Waals surface area contributed by atoms with E-state index in [-0.39, 0.29) is 0 Å². The molecule has 100 valence electrons. The third kappa shape index (κ3) is 3.59. The molecular weight excluding hydrogens is 234 g/mol. The molecular formula is C12H19N3O3. The van der Waals surface area contributed by atoms with Gasteiger partial charge in [-0.05, 0) is 13.0 Å². The van der Waals surface area contributed by atoms with Crippen molar-refractivity contribution in [3.8, 4) is 0 Å².